The normalized spacial score (nSPS) is 13.5. The van der Waals surface area contributed by atoms with Gasteiger partial charge in [0.2, 0.25) is 0 Å². The highest BCUT2D eigenvalue weighted by Crippen LogP contribution is 2.57. The quantitative estimate of drug-likeness (QED) is 0.202. The first-order valence-corrected chi connectivity index (χ1v) is 16.1. The first kappa shape index (κ1) is 26.2. The summed E-state index contributed by atoms with van der Waals surface area (Å²) in [7, 11) is 0. The minimum atomic E-state index is -0.291. The fourth-order valence-corrected chi connectivity index (χ4v) is 7.94. The van der Waals surface area contributed by atoms with Crippen molar-refractivity contribution in [1.82, 2.24) is 14.5 Å². The van der Waals surface area contributed by atoms with Gasteiger partial charge in [-0.25, -0.2) is 9.97 Å². The van der Waals surface area contributed by atoms with E-state index >= 15 is 0 Å². The first-order chi connectivity index (χ1) is 23.1. The van der Waals surface area contributed by atoms with Crippen molar-refractivity contribution in [1.29, 1.82) is 0 Å². The zero-order valence-electron chi connectivity index (χ0n) is 26.0. The van der Waals surface area contributed by atoms with E-state index in [-0.39, 0.29) is 5.41 Å². The van der Waals surface area contributed by atoms with Gasteiger partial charge in [0.05, 0.1) is 16.7 Å². The van der Waals surface area contributed by atoms with Crippen LogP contribution in [-0.2, 0) is 5.41 Å². The Kier molecular flexibility index (Phi) is 5.31. The average molecular weight is 604 g/mol. The molecule has 47 heavy (non-hydrogen) atoms. The van der Waals surface area contributed by atoms with Crippen LogP contribution in [0.2, 0.25) is 0 Å². The third-order valence-electron chi connectivity index (χ3n) is 9.97. The van der Waals surface area contributed by atoms with Crippen LogP contribution in [0.25, 0.3) is 83.3 Å². The van der Waals surface area contributed by atoms with Gasteiger partial charge in [-0.1, -0.05) is 135 Å². The molecule has 3 heterocycles. The van der Waals surface area contributed by atoms with Crippen LogP contribution in [0, 0.1) is 0 Å². The van der Waals surface area contributed by atoms with Crippen molar-refractivity contribution >= 4 is 43.7 Å². The smallest absolute Gasteiger partial charge is 0.162 e. The molecule has 0 spiro atoms. The molecule has 0 fully saturated rings. The van der Waals surface area contributed by atoms with Crippen molar-refractivity contribution in [2.45, 2.75) is 19.3 Å². The van der Waals surface area contributed by atoms with E-state index in [1.54, 1.807) is 0 Å². The van der Waals surface area contributed by atoms with E-state index < -0.39 is 0 Å². The van der Waals surface area contributed by atoms with Gasteiger partial charge in [0.25, 0.3) is 0 Å². The number of para-hydroxylation sites is 2. The number of hydrogen-bond acceptors (Lipinski definition) is 3. The summed E-state index contributed by atoms with van der Waals surface area (Å²) in [6, 6.07) is 48.8. The SMILES string of the molecule is CC1(C)c2ccccc2-c2c1c1c(c3ccccc3n1-c1cc(-c3ccccc3)nc(-c3ccccc3)n1)c1c2oc2ccccc21. The summed E-state index contributed by atoms with van der Waals surface area (Å²) in [4.78, 5) is 10.5. The second-order valence-electron chi connectivity index (χ2n) is 13.0. The summed E-state index contributed by atoms with van der Waals surface area (Å²) in [5.41, 5.74) is 11.7. The predicted molar refractivity (Wildman–Crippen MR) is 192 cm³/mol. The molecule has 0 N–H and O–H groups in total. The van der Waals surface area contributed by atoms with Crippen molar-refractivity contribution in [3.05, 3.63) is 151 Å². The third kappa shape index (κ3) is 3.58. The van der Waals surface area contributed by atoms with Crippen molar-refractivity contribution < 1.29 is 4.42 Å². The molecule has 1 aliphatic carbocycles. The summed E-state index contributed by atoms with van der Waals surface area (Å²) in [5, 5.41) is 4.64. The van der Waals surface area contributed by atoms with Gasteiger partial charge in [-0.3, -0.25) is 4.57 Å². The molecule has 10 rings (SSSR count). The summed E-state index contributed by atoms with van der Waals surface area (Å²) in [5.74, 6) is 1.53. The van der Waals surface area contributed by atoms with Gasteiger partial charge in [0.15, 0.2) is 5.82 Å². The lowest BCUT2D eigenvalue weighted by Gasteiger charge is -2.24. The number of benzene rings is 6. The molecule has 3 aromatic heterocycles. The highest BCUT2D eigenvalue weighted by atomic mass is 16.3. The van der Waals surface area contributed by atoms with Gasteiger partial charge in [-0.2, -0.15) is 0 Å². The lowest BCUT2D eigenvalue weighted by molar-refractivity contribution is 0.656. The van der Waals surface area contributed by atoms with Gasteiger partial charge in [0, 0.05) is 49.7 Å². The van der Waals surface area contributed by atoms with E-state index in [1.807, 2.05) is 24.3 Å². The highest BCUT2D eigenvalue weighted by Gasteiger charge is 2.41. The van der Waals surface area contributed by atoms with Gasteiger partial charge in [-0.15, -0.1) is 0 Å². The number of fused-ring (bicyclic) bond motifs is 12. The molecule has 0 radical (unpaired) electrons. The van der Waals surface area contributed by atoms with E-state index in [4.69, 9.17) is 14.4 Å². The minimum Gasteiger partial charge on any atom is -0.455 e. The second kappa shape index (κ2) is 9.51. The topological polar surface area (TPSA) is 43.9 Å². The Morgan fingerprint density at radius 2 is 1.28 bits per heavy atom. The predicted octanol–water partition coefficient (Wildman–Crippen LogP) is 11.1. The molecule has 0 unspecified atom stereocenters. The van der Waals surface area contributed by atoms with Gasteiger partial charge < -0.3 is 4.42 Å². The molecular formula is C43H29N3O. The Bertz CT molecular complexity index is 2640. The Balaban J connectivity index is 1.44. The molecule has 0 atom stereocenters. The number of nitrogens with zero attached hydrogens (tertiary/aromatic N) is 3. The van der Waals surface area contributed by atoms with Gasteiger partial charge in [-0.05, 0) is 28.8 Å². The first-order valence-electron chi connectivity index (χ1n) is 16.1. The van der Waals surface area contributed by atoms with E-state index in [9.17, 15) is 0 Å². The van der Waals surface area contributed by atoms with Crippen LogP contribution in [0.5, 0.6) is 0 Å². The minimum absolute atomic E-state index is 0.291. The maximum atomic E-state index is 6.84. The maximum Gasteiger partial charge on any atom is 0.162 e. The molecule has 0 aliphatic heterocycles. The van der Waals surface area contributed by atoms with Crippen LogP contribution in [0.4, 0.5) is 0 Å². The van der Waals surface area contributed by atoms with E-state index in [2.05, 4.69) is 134 Å². The van der Waals surface area contributed by atoms with Crippen LogP contribution >= 0.6 is 0 Å². The molecular weight excluding hydrogens is 574 g/mol. The lowest BCUT2D eigenvalue weighted by atomic mass is 9.81. The monoisotopic (exact) mass is 603 g/mol. The summed E-state index contributed by atoms with van der Waals surface area (Å²) >= 11 is 0. The number of aromatic nitrogens is 3. The van der Waals surface area contributed by atoms with E-state index in [0.717, 1.165) is 55.6 Å². The van der Waals surface area contributed by atoms with Crippen molar-refractivity contribution in [2.75, 3.05) is 0 Å². The Labute approximate surface area is 271 Å². The Hall–Kier alpha value is -6.00. The zero-order chi connectivity index (χ0) is 31.3. The molecule has 6 aromatic carbocycles. The maximum absolute atomic E-state index is 6.84. The number of hydrogen-bond donors (Lipinski definition) is 0. The standard InChI is InChI=1S/C43H29N3O/c1-43(2)31-22-12-9-19-28(31)38-39(43)40-36(37-30-21-11-14-24-34(30)47-41(37)38)29-20-10-13-23-33(29)46(40)35-25-32(26-15-5-3-6-16-26)44-42(45-35)27-17-7-4-8-18-27/h3-25H,1-2H3. The molecule has 0 saturated carbocycles. The largest absolute Gasteiger partial charge is 0.455 e. The van der Waals surface area contributed by atoms with Crippen LogP contribution in [-0.4, -0.2) is 14.5 Å². The fourth-order valence-electron chi connectivity index (χ4n) is 7.94. The Morgan fingerprint density at radius 1 is 0.617 bits per heavy atom. The van der Waals surface area contributed by atoms with E-state index in [1.165, 1.54) is 33.0 Å². The van der Waals surface area contributed by atoms with Crippen molar-refractivity contribution in [3.63, 3.8) is 0 Å². The molecule has 222 valence electrons. The van der Waals surface area contributed by atoms with Crippen LogP contribution in [0.3, 0.4) is 0 Å². The number of rotatable bonds is 3. The molecule has 0 saturated heterocycles. The Morgan fingerprint density at radius 3 is 2.09 bits per heavy atom. The molecule has 0 amide bonds. The van der Waals surface area contributed by atoms with E-state index in [0.29, 0.717) is 5.82 Å². The third-order valence-corrected chi connectivity index (χ3v) is 9.97. The van der Waals surface area contributed by atoms with Crippen LogP contribution in [0.15, 0.2) is 144 Å². The van der Waals surface area contributed by atoms with Crippen molar-refractivity contribution in [3.8, 4) is 39.6 Å². The van der Waals surface area contributed by atoms with Crippen LogP contribution < -0.4 is 0 Å². The summed E-state index contributed by atoms with van der Waals surface area (Å²) < 4.78 is 9.22. The molecule has 0 bridgehead atoms. The summed E-state index contributed by atoms with van der Waals surface area (Å²) in [6.45, 7) is 4.69. The molecule has 9 aromatic rings. The van der Waals surface area contributed by atoms with Crippen LogP contribution in [0.1, 0.15) is 25.0 Å². The number of furan rings is 1. The molecule has 1 aliphatic rings. The summed E-state index contributed by atoms with van der Waals surface area (Å²) in [6.07, 6.45) is 0. The fraction of sp³-hybridized carbons (Fsp3) is 0.0698. The zero-order valence-corrected chi connectivity index (χ0v) is 26.0. The molecule has 4 heteroatoms. The molecule has 4 nitrogen and oxygen atoms in total. The van der Waals surface area contributed by atoms with Crippen molar-refractivity contribution in [2.24, 2.45) is 0 Å². The second-order valence-corrected chi connectivity index (χ2v) is 13.0. The van der Waals surface area contributed by atoms with Gasteiger partial charge in [0.1, 0.15) is 17.0 Å². The van der Waals surface area contributed by atoms with Gasteiger partial charge >= 0.3 is 0 Å². The highest BCUT2D eigenvalue weighted by molar-refractivity contribution is 6.31. The lowest BCUT2D eigenvalue weighted by Crippen LogP contribution is -2.17. The average Bonchev–Trinajstić information content (AvgIpc) is 3.75.